The van der Waals surface area contributed by atoms with Gasteiger partial charge in [0.05, 0.1) is 5.70 Å². The van der Waals surface area contributed by atoms with Crippen LogP contribution in [0.1, 0.15) is 24.0 Å². The van der Waals surface area contributed by atoms with E-state index in [1.165, 1.54) is 5.56 Å². The number of benzene rings is 2. The van der Waals surface area contributed by atoms with Gasteiger partial charge < -0.3 is 0 Å². The van der Waals surface area contributed by atoms with Gasteiger partial charge in [0.25, 0.3) is 0 Å². The first kappa shape index (κ1) is 16.4. The molecule has 3 nitrogen and oxygen atoms in total. The molecule has 3 heteroatoms. The topological polar surface area (TPSA) is 38.1 Å². The molecule has 0 bridgehead atoms. The zero-order valence-corrected chi connectivity index (χ0v) is 14.6. The van der Waals surface area contributed by atoms with Crippen molar-refractivity contribution in [2.45, 2.75) is 19.3 Å². The van der Waals surface area contributed by atoms with E-state index in [1.807, 2.05) is 42.7 Å². The van der Waals surface area contributed by atoms with Crippen LogP contribution in [-0.4, -0.2) is 16.2 Å². The van der Waals surface area contributed by atoms with Gasteiger partial charge in [0, 0.05) is 29.7 Å². The summed E-state index contributed by atoms with van der Waals surface area (Å²) >= 11 is 0. The maximum atomic E-state index is 4.73. The van der Waals surface area contributed by atoms with Crippen molar-refractivity contribution < 1.29 is 0 Å². The highest BCUT2D eigenvalue weighted by molar-refractivity contribution is 5.76. The molecular weight excluding hydrogens is 318 g/mol. The van der Waals surface area contributed by atoms with Gasteiger partial charge in [0.1, 0.15) is 0 Å². The van der Waals surface area contributed by atoms with Gasteiger partial charge in [-0.05, 0) is 30.7 Å². The third kappa shape index (κ3) is 3.94. The zero-order valence-electron chi connectivity index (χ0n) is 14.6. The van der Waals surface area contributed by atoms with Crippen LogP contribution in [0.4, 0.5) is 0 Å². The van der Waals surface area contributed by atoms with E-state index in [4.69, 9.17) is 4.99 Å². The van der Waals surface area contributed by atoms with Crippen molar-refractivity contribution in [2.75, 3.05) is 0 Å². The third-order valence-electron chi connectivity index (χ3n) is 4.62. The number of rotatable bonds is 4. The molecule has 0 N–H and O–H groups in total. The predicted molar refractivity (Wildman–Crippen MR) is 107 cm³/mol. The molecule has 0 spiro atoms. The quantitative estimate of drug-likeness (QED) is 0.654. The van der Waals surface area contributed by atoms with Crippen LogP contribution in [0, 0.1) is 5.92 Å². The van der Waals surface area contributed by atoms with E-state index < -0.39 is 0 Å². The van der Waals surface area contributed by atoms with Crippen LogP contribution in [0.3, 0.4) is 0 Å². The molecule has 0 aliphatic carbocycles. The first-order chi connectivity index (χ1) is 12.9. The molecule has 26 heavy (non-hydrogen) atoms. The highest BCUT2D eigenvalue weighted by atomic mass is 14.9. The van der Waals surface area contributed by atoms with E-state index in [0.29, 0.717) is 5.92 Å². The highest BCUT2D eigenvalue weighted by Crippen LogP contribution is 2.23. The van der Waals surface area contributed by atoms with Crippen LogP contribution >= 0.6 is 0 Å². The van der Waals surface area contributed by atoms with Gasteiger partial charge >= 0.3 is 0 Å². The number of hydrogen-bond donors (Lipinski definition) is 0. The molecule has 2 aromatic carbocycles. The summed E-state index contributed by atoms with van der Waals surface area (Å²) in [5.74, 6) is 1.21. The molecule has 128 valence electrons. The fourth-order valence-electron chi connectivity index (χ4n) is 3.21. The first-order valence-electron chi connectivity index (χ1n) is 9.04. The Morgan fingerprint density at radius 1 is 0.808 bits per heavy atom. The molecule has 1 unspecified atom stereocenters. The summed E-state index contributed by atoms with van der Waals surface area (Å²) in [5, 5.41) is 0. The zero-order chi connectivity index (χ0) is 17.6. The van der Waals surface area contributed by atoms with E-state index in [-0.39, 0.29) is 0 Å². The summed E-state index contributed by atoms with van der Waals surface area (Å²) < 4.78 is 0. The Kier molecular flexibility index (Phi) is 4.97. The lowest BCUT2D eigenvalue weighted by Gasteiger charge is -2.09. The van der Waals surface area contributed by atoms with Crippen LogP contribution in [-0.2, 0) is 6.42 Å². The third-order valence-corrected chi connectivity index (χ3v) is 4.62. The van der Waals surface area contributed by atoms with Gasteiger partial charge in [-0.25, -0.2) is 9.97 Å². The molecule has 0 saturated heterocycles. The second-order valence-electron chi connectivity index (χ2n) is 6.56. The van der Waals surface area contributed by atoms with Crippen LogP contribution in [0.15, 0.2) is 84.1 Å². The number of nitrogens with zero attached hydrogens (tertiary/aromatic N) is 3. The van der Waals surface area contributed by atoms with Crippen molar-refractivity contribution in [3.63, 3.8) is 0 Å². The van der Waals surface area contributed by atoms with Crippen molar-refractivity contribution in [1.82, 2.24) is 9.97 Å². The van der Waals surface area contributed by atoms with Crippen LogP contribution < -0.4 is 0 Å². The molecule has 0 radical (unpaired) electrons. The molecule has 0 amide bonds. The second-order valence-corrected chi connectivity index (χ2v) is 6.56. The van der Waals surface area contributed by atoms with Crippen molar-refractivity contribution in [2.24, 2.45) is 10.9 Å². The van der Waals surface area contributed by atoms with Gasteiger partial charge in [-0.2, -0.15) is 0 Å². The number of allylic oxidation sites excluding steroid dienone is 1. The fourth-order valence-corrected chi connectivity index (χ4v) is 3.21. The lowest BCUT2D eigenvalue weighted by molar-refractivity contribution is 0.645. The Morgan fingerprint density at radius 2 is 1.50 bits per heavy atom. The summed E-state index contributed by atoms with van der Waals surface area (Å²) in [7, 11) is 0. The Bertz CT molecular complexity index is 897. The maximum Gasteiger partial charge on any atom is 0.159 e. The minimum atomic E-state index is 0.468. The second kappa shape index (κ2) is 7.87. The normalized spacial score (nSPS) is 16.8. The standard InChI is InChI=1S/C23H21N3/c1-3-8-18(9-4-1)14-19-10-7-13-22(24-15-19)21-16-25-23(26-17-21)20-11-5-2-6-12-20/h1-6,8-9,11-13,15-17,19H,7,10,14H2. The molecule has 3 aromatic rings. The average Bonchev–Trinajstić information content (AvgIpc) is 2.95. The summed E-state index contributed by atoms with van der Waals surface area (Å²) in [6.07, 6.45) is 11.2. The van der Waals surface area contributed by atoms with E-state index in [9.17, 15) is 0 Å². The summed E-state index contributed by atoms with van der Waals surface area (Å²) in [5.41, 5.74) is 4.34. The number of hydrogen-bond acceptors (Lipinski definition) is 3. The van der Waals surface area contributed by atoms with Crippen molar-refractivity contribution in [1.29, 1.82) is 0 Å². The van der Waals surface area contributed by atoms with E-state index in [2.05, 4.69) is 52.6 Å². The minimum absolute atomic E-state index is 0.468. The number of aromatic nitrogens is 2. The van der Waals surface area contributed by atoms with E-state index in [1.54, 1.807) is 0 Å². The van der Waals surface area contributed by atoms with Crippen LogP contribution in [0.5, 0.6) is 0 Å². The van der Waals surface area contributed by atoms with Crippen LogP contribution in [0.25, 0.3) is 17.1 Å². The Hall–Kier alpha value is -3.07. The molecule has 1 atom stereocenters. The number of aliphatic imine (C=N–C) groups is 1. The molecule has 0 saturated carbocycles. The predicted octanol–water partition coefficient (Wildman–Crippen LogP) is 5.21. The maximum absolute atomic E-state index is 4.73. The fraction of sp³-hybridized carbons (Fsp3) is 0.174. The minimum Gasteiger partial charge on any atom is -0.261 e. The van der Waals surface area contributed by atoms with Gasteiger partial charge in [-0.15, -0.1) is 0 Å². The average molecular weight is 339 g/mol. The monoisotopic (exact) mass is 339 g/mol. The van der Waals surface area contributed by atoms with Crippen molar-refractivity contribution in [3.8, 4) is 11.4 Å². The van der Waals surface area contributed by atoms with Gasteiger partial charge in [-0.1, -0.05) is 66.7 Å². The Balaban J connectivity index is 1.47. The molecule has 0 fully saturated rings. The van der Waals surface area contributed by atoms with E-state index in [0.717, 1.165) is 41.9 Å². The highest BCUT2D eigenvalue weighted by Gasteiger charge is 2.12. The van der Waals surface area contributed by atoms with Crippen molar-refractivity contribution in [3.05, 3.63) is 90.3 Å². The van der Waals surface area contributed by atoms with Crippen LogP contribution in [0.2, 0.25) is 0 Å². The van der Waals surface area contributed by atoms with Gasteiger partial charge in [-0.3, -0.25) is 4.99 Å². The first-order valence-corrected chi connectivity index (χ1v) is 9.04. The summed E-state index contributed by atoms with van der Waals surface area (Å²) in [6, 6.07) is 20.6. The smallest absolute Gasteiger partial charge is 0.159 e. The van der Waals surface area contributed by atoms with Gasteiger partial charge in [0.2, 0.25) is 0 Å². The Labute approximate surface area is 154 Å². The molecule has 2 heterocycles. The SMILES string of the molecule is C1=NC(c2cnc(-c3ccccc3)nc2)=CCCC1Cc1ccccc1. The molecule has 1 aliphatic rings. The molecular formula is C23H21N3. The lowest BCUT2D eigenvalue weighted by atomic mass is 9.96. The van der Waals surface area contributed by atoms with Crippen molar-refractivity contribution >= 4 is 11.9 Å². The Morgan fingerprint density at radius 3 is 2.23 bits per heavy atom. The lowest BCUT2D eigenvalue weighted by Crippen LogP contribution is -2.05. The van der Waals surface area contributed by atoms with E-state index >= 15 is 0 Å². The largest absolute Gasteiger partial charge is 0.261 e. The molecule has 4 rings (SSSR count). The van der Waals surface area contributed by atoms with Gasteiger partial charge in [0.15, 0.2) is 5.82 Å². The summed E-state index contributed by atoms with van der Waals surface area (Å²) in [6.45, 7) is 0. The molecule has 1 aromatic heterocycles. The summed E-state index contributed by atoms with van der Waals surface area (Å²) in [4.78, 5) is 13.8. The molecule has 1 aliphatic heterocycles.